The monoisotopic (exact) mass is 258 g/mol. The molecule has 0 atom stereocenters. The Hall–Kier alpha value is -2.43. The molecule has 5 heteroatoms. The van der Waals surface area contributed by atoms with Gasteiger partial charge in [-0.05, 0) is 36.8 Å². The topological polar surface area (TPSA) is 72.3 Å². The highest BCUT2D eigenvalue weighted by atomic mass is 16.5. The van der Waals surface area contributed by atoms with Crippen LogP contribution in [0.25, 0.3) is 0 Å². The van der Waals surface area contributed by atoms with Crippen LogP contribution in [0, 0.1) is 6.92 Å². The van der Waals surface area contributed by atoms with E-state index in [0.717, 1.165) is 5.56 Å². The number of aromatic nitrogens is 2. The van der Waals surface area contributed by atoms with E-state index in [1.165, 1.54) is 0 Å². The van der Waals surface area contributed by atoms with Gasteiger partial charge in [-0.1, -0.05) is 0 Å². The van der Waals surface area contributed by atoms with Gasteiger partial charge < -0.3 is 9.84 Å². The number of aryl methyl sites for hydroxylation is 1. The van der Waals surface area contributed by atoms with Crippen LogP contribution >= 0.6 is 0 Å². The van der Waals surface area contributed by atoms with Gasteiger partial charge in [-0.25, -0.2) is 9.78 Å². The molecule has 0 spiro atoms. The van der Waals surface area contributed by atoms with Crippen LogP contribution < -0.4 is 4.74 Å². The highest BCUT2D eigenvalue weighted by Crippen LogP contribution is 2.17. The molecule has 0 aliphatic carbocycles. The zero-order valence-electron chi connectivity index (χ0n) is 10.5. The van der Waals surface area contributed by atoms with Crippen molar-refractivity contribution in [1.29, 1.82) is 0 Å². The third-order valence-electron chi connectivity index (χ3n) is 2.60. The van der Waals surface area contributed by atoms with Crippen molar-refractivity contribution in [3.8, 4) is 5.75 Å². The lowest BCUT2D eigenvalue weighted by Crippen LogP contribution is -2.09. The van der Waals surface area contributed by atoms with Crippen LogP contribution in [-0.4, -0.2) is 27.7 Å². The molecule has 0 saturated carbocycles. The average Bonchev–Trinajstić information content (AvgIpc) is 2.41. The first-order chi connectivity index (χ1) is 9.16. The molecule has 5 nitrogen and oxygen atoms in total. The van der Waals surface area contributed by atoms with Crippen molar-refractivity contribution >= 4 is 5.97 Å². The second kappa shape index (κ2) is 5.95. The van der Waals surface area contributed by atoms with Crippen molar-refractivity contribution in [2.24, 2.45) is 0 Å². The van der Waals surface area contributed by atoms with E-state index in [4.69, 9.17) is 9.84 Å². The molecule has 2 heterocycles. The minimum absolute atomic E-state index is 0.0465. The summed E-state index contributed by atoms with van der Waals surface area (Å²) in [7, 11) is 0. The van der Waals surface area contributed by atoms with Gasteiger partial charge >= 0.3 is 5.97 Å². The van der Waals surface area contributed by atoms with Crippen molar-refractivity contribution < 1.29 is 14.6 Å². The number of ether oxygens (including phenoxy) is 1. The van der Waals surface area contributed by atoms with Crippen LogP contribution in [0.2, 0.25) is 0 Å². The predicted octanol–water partition coefficient (Wildman–Crippen LogP) is 2.10. The van der Waals surface area contributed by atoms with Gasteiger partial charge in [-0.3, -0.25) is 4.98 Å². The van der Waals surface area contributed by atoms with Crippen LogP contribution in [0.3, 0.4) is 0 Å². The summed E-state index contributed by atoms with van der Waals surface area (Å²) in [6.45, 7) is 2.14. The molecular formula is C14H14N2O3. The van der Waals surface area contributed by atoms with Crippen molar-refractivity contribution in [2.75, 3.05) is 6.61 Å². The van der Waals surface area contributed by atoms with Crippen LogP contribution in [0.15, 0.2) is 36.7 Å². The highest BCUT2D eigenvalue weighted by molar-refractivity contribution is 5.88. The normalized spacial score (nSPS) is 10.2. The summed E-state index contributed by atoms with van der Waals surface area (Å²) in [5, 5.41) is 9.06. The maximum Gasteiger partial charge on any atom is 0.358 e. The van der Waals surface area contributed by atoms with Crippen molar-refractivity contribution in [2.45, 2.75) is 13.3 Å². The number of rotatable bonds is 5. The summed E-state index contributed by atoms with van der Waals surface area (Å²) >= 11 is 0. The van der Waals surface area contributed by atoms with Crippen molar-refractivity contribution in [3.63, 3.8) is 0 Å². The van der Waals surface area contributed by atoms with Gasteiger partial charge in [0.05, 0.1) is 6.61 Å². The molecule has 0 aliphatic heterocycles. The van der Waals surface area contributed by atoms with Crippen LogP contribution in [-0.2, 0) is 6.42 Å². The second-order valence-corrected chi connectivity index (χ2v) is 4.06. The molecule has 19 heavy (non-hydrogen) atoms. The van der Waals surface area contributed by atoms with E-state index in [2.05, 4.69) is 9.97 Å². The largest absolute Gasteiger partial charge is 0.491 e. The summed E-state index contributed by atoms with van der Waals surface area (Å²) in [4.78, 5) is 19.0. The Balaban J connectivity index is 2.02. The molecule has 0 amide bonds. The lowest BCUT2D eigenvalue weighted by atomic mass is 10.2. The number of hydrogen-bond acceptors (Lipinski definition) is 4. The maximum absolute atomic E-state index is 11.1. The third-order valence-corrected chi connectivity index (χ3v) is 2.60. The van der Waals surface area contributed by atoms with Gasteiger partial charge in [-0.15, -0.1) is 0 Å². The Morgan fingerprint density at radius 3 is 2.68 bits per heavy atom. The number of aromatic carboxylic acids is 1. The van der Waals surface area contributed by atoms with Crippen LogP contribution in [0.5, 0.6) is 5.75 Å². The second-order valence-electron chi connectivity index (χ2n) is 4.06. The Morgan fingerprint density at radius 2 is 2.00 bits per heavy atom. The van der Waals surface area contributed by atoms with E-state index < -0.39 is 5.97 Å². The molecular weight excluding hydrogens is 244 g/mol. The summed E-state index contributed by atoms with van der Waals surface area (Å²) in [5.41, 5.74) is 1.69. The van der Waals surface area contributed by atoms with E-state index in [9.17, 15) is 4.79 Å². The molecule has 0 radical (unpaired) electrons. The summed E-state index contributed by atoms with van der Waals surface area (Å²) < 4.78 is 5.49. The maximum atomic E-state index is 11.1. The first kappa shape index (κ1) is 13.0. The number of carboxylic acids is 1. The molecule has 0 fully saturated rings. The highest BCUT2D eigenvalue weighted by Gasteiger charge is 2.13. The van der Waals surface area contributed by atoms with E-state index in [-0.39, 0.29) is 5.69 Å². The predicted molar refractivity (Wildman–Crippen MR) is 69.4 cm³/mol. The number of hydrogen-bond donors (Lipinski definition) is 1. The summed E-state index contributed by atoms with van der Waals surface area (Å²) in [5.74, 6) is -0.783. The van der Waals surface area contributed by atoms with Gasteiger partial charge in [0.1, 0.15) is 0 Å². The van der Waals surface area contributed by atoms with Crippen molar-refractivity contribution in [3.05, 3.63) is 53.6 Å². The molecule has 0 aromatic carbocycles. The fraction of sp³-hybridized carbons (Fsp3) is 0.214. The molecule has 0 bridgehead atoms. The molecule has 1 N–H and O–H groups in total. The quantitative estimate of drug-likeness (QED) is 0.889. The smallest absolute Gasteiger partial charge is 0.358 e. The van der Waals surface area contributed by atoms with Gasteiger partial charge in [-0.2, -0.15) is 0 Å². The Kier molecular flexibility index (Phi) is 4.07. The average molecular weight is 258 g/mol. The number of pyridine rings is 2. The Bertz CT molecular complexity index is 570. The lowest BCUT2D eigenvalue weighted by Gasteiger charge is -2.09. The van der Waals surface area contributed by atoms with Gasteiger partial charge in [0.25, 0.3) is 0 Å². The first-order valence-corrected chi connectivity index (χ1v) is 5.89. The van der Waals surface area contributed by atoms with E-state index in [1.807, 2.05) is 12.1 Å². The first-order valence-electron chi connectivity index (χ1n) is 5.89. The molecule has 98 valence electrons. The fourth-order valence-corrected chi connectivity index (χ4v) is 1.64. The van der Waals surface area contributed by atoms with Crippen molar-refractivity contribution in [1.82, 2.24) is 9.97 Å². The third kappa shape index (κ3) is 3.51. The molecule has 0 aliphatic rings. The van der Waals surface area contributed by atoms with E-state index in [1.54, 1.807) is 31.5 Å². The van der Waals surface area contributed by atoms with Crippen LogP contribution in [0.4, 0.5) is 0 Å². The number of nitrogens with zero attached hydrogens (tertiary/aromatic N) is 2. The zero-order valence-corrected chi connectivity index (χ0v) is 10.5. The minimum Gasteiger partial charge on any atom is -0.491 e. The zero-order chi connectivity index (χ0) is 13.7. The number of carbonyl (C=O) groups is 1. The summed E-state index contributed by atoms with van der Waals surface area (Å²) in [6, 6.07) is 7.16. The fourth-order valence-electron chi connectivity index (χ4n) is 1.64. The SMILES string of the molecule is Cc1ccc(OCCc2ccncc2)c(C(=O)O)n1. The summed E-state index contributed by atoms with van der Waals surface area (Å²) in [6.07, 6.45) is 4.12. The Morgan fingerprint density at radius 1 is 1.26 bits per heavy atom. The van der Waals surface area contributed by atoms with E-state index in [0.29, 0.717) is 24.5 Å². The molecule has 2 aromatic heterocycles. The lowest BCUT2D eigenvalue weighted by molar-refractivity contribution is 0.0685. The molecule has 0 saturated heterocycles. The van der Waals surface area contributed by atoms with Gasteiger partial charge in [0.2, 0.25) is 0 Å². The molecule has 2 aromatic rings. The molecule has 2 rings (SSSR count). The minimum atomic E-state index is -1.08. The Labute approximate surface area is 110 Å². The standard InChI is InChI=1S/C14H14N2O3/c1-10-2-3-12(13(16-10)14(17)18)19-9-6-11-4-7-15-8-5-11/h2-5,7-8H,6,9H2,1H3,(H,17,18). The van der Waals surface area contributed by atoms with Crippen LogP contribution in [0.1, 0.15) is 21.7 Å². The van der Waals surface area contributed by atoms with Gasteiger partial charge in [0.15, 0.2) is 11.4 Å². The molecule has 0 unspecified atom stereocenters. The van der Waals surface area contributed by atoms with E-state index >= 15 is 0 Å². The van der Waals surface area contributed by atoms with Gasteiger partial charge in [0, 0.05) is 24.5 Å². The number of carboxylic acid groups (broad SMARTS) is 1.